The molecular formula is C11H12N4O2. The summed E-state index contributed by atoms with van der Waals surface area (Å²) >= 11 is 0. The van der Waals surface area contributed by atoms with Gasteiger partial charge < -0.3 is 0 Å². The molecule has 0 radical (unpaired) electrons. The molecule has 0 unspecified atom stereocenters. The number of imide groups is 1. The van der Waals surface area contributed by atoms with Crippen LogP contribution < -0.4 is 10.7 Å². The first kappa shape index (κ1) is 11.1. The molecule has 1 aromatic carbocycles. The molecule has 0 atom stereocenters. The number of hydrogen-bond donors (Lipinski definition) is 2. The monoisotopic (exact) mass is 232 g/mol. The van der Waals surface area contributed by atoms with Gasteiger partial charge in [-0.3, -0.25) is 20.4 Å². The number of carbonyl (C=O) groups excluding carboxylic acids is 2. The largest absolute Gasteiger partial charge is 0.329 e. The highest BCUT2D eigenvalue weighted by Gasteiger charge is 2.26. The molecule has 17 heavy (non-hydrogen) atoms. The van der Waals surface area contributed by atoms with Crippen LogP contribution in [-0.2, 0) is 4.79 Å². The number of anilines is 1. The average Bonchev–Trinajstić information content (AvgIpc) is 2.34. The number of benzene rings is 1. The molecule has 0 spiro atoms. The van der Waals surface area contributed by atoms with Gasteiger partial charge in [-0.05, 0) is 12.1 Å². The van der Waals surface area contributed by atoms with Gasteiger partial charge in [0.05, 0.1) is 12.1 Å². The summed E-state index contributed by atoms with van der Waals surface area (Å²) in [6.07, 6.45) is 0.0854. The van der Waals surface area contributed by atoms with E-state index in [-0.39, 0.29) is 12.3 Å². The Labute approximate surface area is 98.3 Å². The van der Waals surface area contributed by atoms with Crippen molar-refractivity contribution in [2.75, 3.05) is 12.5 Å². The number of hydrazone groups is 1. The second-order valence-electron chi connectivity index (χ2n) is 3.60. The Balaban J connectivity index is 2.04. The van der Waals surface area contributed by atoms with Gasteiger partial charge in [0.25, 0.3) is 0 Å². The zero-order chi connectivity index (χ0) is 12.3. The minimum Gasteiger partial charge on any atom is -0.293 e. The molecule has 2 rings (SSSR count). The molecule has 3 amide bonds. The van der Waals surface area contributed by atoms with Crippen LogP contribution in [0.2, 0.25) is 0 Å². The topological polar surface area (TPSA) is 73.8 Å². The summed E-state index contributed by atoms with van der Waals surface area (Å²) in [7, 11) is 1.43. The summed E-state index contributed by atoms with van der Waals surface area (Å²) in [5.74, 6) is 0.0457. The van der Waals surface area contributed by atoms with Crippen LogP contribution in [-0.4, -0.2) is 29.7 Å². The van der Waals surface area contributed by atoms with Crippen LogP contribution in [0, 0.1) is 0 Å². The maximum atomic E-state index is 11.4. The Kier molecular flexibility index (Phi) is 3.04. The first-order chi connectivity index (χ1) is 8.16. The molecule has 0 bridgehead atoms. The molecule has 0 aliphatic carbocycles. The summed E-state index contributed by atoms with van der Waals surface area (Å²) in [6, 6.07) is 8.82. The fourth-order valence-corrected chi connectivity index (χ4v) is 1.34. The highest BCUT2D eigenvalue weighted by Crippen LogP contribution is 2.06. The molecule has 6 heteroatoms. The lowest BCUT2D eigenvalue weighted by Crippen LogP contribution is -2.50. The highest BCUT2D eigenvalue weighted by atomic mass is 16.2. The molecule has 2 N–H and O–H groups in total. The third-order valence-electron chi connectivity index (χ3n) is 2.34. The van der Waals surface area contributed by atoms with E-state index < -0.39 is 6.03 Å². The SMILES string of the molecule is CN1C(=O)C/C(=N/Nc2ccccc2)NC1=O. The lowest BCUT2D eigenvalue weighted by molar-refractivity contribution is -0.126. The van der Waals surface area contributed by atoms with Crippen molar-refractivity contribution in [2.24, 2.45) is 5.10 Å². The van der Waals surface area contributed by atoms with Gasteiger partial charge in [-0.25, -0.2) is 4.79 Å². The quantitative estimate of drug-likeness (QED) is 0.746. The number of carbonyl (C=O) groups is 2. The lowest BCUT2D eigenvalue weighted by Gasteiger charge is -2.22. The minimum atomic E-state index is -0.463. The number of rotatable bonds is 2. The number of nitrogens with zero attached hydrogens (tertiary/aromatic N) is 2. The van der Waals surface area contributed by atoms with Crippen molar-refractivity contribution in [3.8, 4) is 0 Å². The second-order valence-corrected chi connectivity index (χ2v) is 3.60. The Morgan fingerprint density at radius 3 is 2.65 bits per heavy atom. The predicted octanol–water partition coefficient (Wildman–Crippen LogP) is 0.984. The first-order valence-electron chi connectivity index (χ1n) is 5.12. The average molecular weight is 232 g/mol. The lowest BCUT2D eigenvalue weighted by atomic mass is 10.3. The predicted molar refractivity (Wildman–Crippen MR) is 63.4 cm³/mol. The summed E-state index contributed by atoms with van der Waals surface area (Å²) in [5.41, 5.74) is 3.57. The number of hydrogen-bond acceptors (Lipinski definition) is 4. The van der Waals surface area contributed by atoms with Crippen LogP contribution >= 0.6 is 0 Å². The fourth-order valence-electron chi connectivity index (χ4n) is 1.34. The van der Waals surface area contributed by atoms with Crippen molar-refractivity contribution < 1.29 is 9.59 Å². The van der Waals surface area contributed by atoms with Crippen molar-refractivity contribution in [1.29, 1.82) is 0 Å². The van der Waals surface area contributed by atoms with Gasteiger partial charge in [-0.1, -0.05) is 18.2 Å². The Morgan fingerprint density at radius 1 is 1.29 bits per heavy atom. The number of nitrogens with one attached hydrogen (secondary N) is 2. The van der Waals surface area contributed by atoms with Gasteiger partial charge in [-0.15, -0.1) is 0 Å². The molecule has 1 heterocycles. The third-order valence-corrected chi connectivity index (χ3v) is 2.34. The molecule has 0 aromatic heterocycles. The van der Waals surface area contributed by atoms with Gasteiger partial charge >= 0.3 is 6.03 Å². The van der Waals surface area contributed by atoms with Crippen molar-refractivity contribution in [2.45, 2.75) is 6.42 Å². The van der Waals surface area contributed by atoms with Crippen molar-refractivity contribution in [1.82, 2.24) is 10.2 Å². The van der Waals surface area contributed by atoms with E-state index in [1.54, 1.807) is 0 Å². The number of urea groups is 1. The van der Waals surface area contributed by atoms with E-state index >= 15 is 0 Å². The molecular weight excluding hydrogens is 220 g/mol. The molecule has 1 fully saturated rings. The van der Waals surface area contributed by atoms with Crippen LogP contribution in [0.4, 0.5) is 10.5 Å². The summed E-state index contributed by atoms with van der Waals surface area (Å²) < 4.78 is 0. The standard InChI is InChI=1S/C11H12N4O2/c1-15-10(16)7-9(12-11(15)17)14-13-8-5-3-2-4-6-8/h2-6,13H,7H2,1H3,(H,12,14,17). The second kappa shape index (κ2) is 4.65. The Morgan fingerprint density at radius 2 is 2.00 bits per heavy atom. The summed E-state index contributed by atoms with van der Waals surface area (Å²) in [4.78, 5) is 23.7. The van der Waals surface area contributed by atoms with Crippen molar-refractivity contribution in [3.05, 3.63) is 30.3 Å². The maximum absolute atomic E-state index is 11.4. The van der Waals surface area contributed by atoms with Crippen LogP contribution in [0.1, 0.15) is 6.42 Å². The number of amidine groups is 1. The third kappa shape index (κ3) is 2.60. The molecule has 88 valence electrons. The highest BCUT2D eigenvalue weighted by molar-refractivity contribution is 6.15. The zero-order valence-corrected chi connectivity index (χ0v) is 9.30. The number of para-hydroxylation sites is 1. The van der Waals surface area contributed by atoms with Gasteiger partial charge in [0.1, 0.15) is 5.84 Å². The molecule has 6 nitrogen and oxygen atoms in total. The minimum absolute atomic E-state index is 0.0854. The van der Waals surface area contributed by atoms with Crippen LogP contribution in [0.3, 0.4) is 0 Å². The van der Waals surface area contributed by atoms with Gasteiger partial charge in [-0.2, -0.15) is 5.10 Å². The van der Waals surface area contributed by atoms with E-state index in [4.69, 9.17) is 0 Å². The summed E-state index contributed by atoms with van der Waals surface area (Å²) in [5, 5.41) is 6.50. The maximum Gasteiger partial charge on any atom is 0.329 e. The van der Waals surface area contributed by atoms with Crippen molar-refractivity contribution >= 4 is 23.5 Å². The van der Waals surface area contributed by atoms with Crippen LogP contribution in [0.25, 0.3) is 0 Å². The van der Waals surface area contributed by atoms with E-state index in [9.17, 15) is 9.59 Å². The molecule has 1 aromatic rings. The molecule has 0 saturated carbocycles. The van der Waals surface area contributed by atoms with E-state index in [2.05, 4.69) is 15.8 Å². The Hall–Kier alpha value is -2.37. The van der Waals surface area contributed by atoms with Gasteiger partial charge in [0, 0.05) is 7.05 Å². The number of amides is 3. The van der Waals surface area contributed by atoms with Crippen LogP contribution in [0.15, 0.2) is 35.4 Å². The summed E-state index contributed by atoms with van der Waals surface area (Å²) in [6.45, 7) is 0. The van der Waals surface area contributed by atoms with E-state index in [0.29, 0.717) is 5.84 Å². The molecule has 1 saturated heterocycles. The molecule has 1 aliphatic rings. The Bertz CT molecular complexity index is 450. The zero-order valence-electron chi connectivity index (χ0n) is 9.30. The van der Waals surface area contributed by atoms with Gasteiger partial charge in [0.15, 0.2) is 0 Å². The fraction of sp³-hybridized carbons (Fsp3) is 0.182. The van der Waals surface area contributed by atoms with E-state index in [1.165, 1.54) is 7.05 Å². The van der Waals surface area contributed by atoms with Crippen LogP contribution in [0.5, 0.6) is 0 Å². The van der Waals surface area contributed by atoms with E-state index in [0.717, 1.165) is 10.6 Å². The normalized spacial score (nSPS) is 18.2. The van der Waals surface area contributed by atoms with E-state index in [1.807, 2.05) is 30.3 Å². The first-order valence-corrected chi connectivity index (χ1v) is 5.12. The van der Waals surface area contributed by atoms with Crippen molar-refractivity contribution in [3.63, 3.8) is 0 Å². The molecule has 1 aliphatic heterocycles. The smallest absolute Gasteiger partial charge is 0.293 e. The van der Waals surface area contributed by atoms with Gasteiger partial charge in [0.2, 0.25) is 5.91 Å².